The van der Waals surface area contributed by atoms with Crippen LogP contribution in [0.1, 0.15) is 36.2 Å². The van der Waals surface area contributed by atoms with Gasteiger partial charge < -0.3 is 16.0 Å². The topological polar surface area (TPSA) is 99.7 Å². The Kier molecular flexibility index (Phi) is 4.47. The van der Waals surface area contributed by atoms with Gasteiger partial charge in [-0.05, 0) is 63.2 Å². The van der Waals surface area contributed by atoms with Gasteiger partial charge in [0.1, 0.15) is 4.90 Å². The Morgan fingerprint density at radius 2 is 1.86 bits per heavy atom. The largest absolute Gasteiger partial charge is 0.347 e. The minimum atomic E-state index is -3.67. The fraction of sp³-hybridized carbons (Fsp3) is 0.300. The molecule has 2 heterocycles. The maximum Gasteiger partial charge on any atom is 0.285 e. The number of carbonyl (C=O) groups is 1. The molecule has 146 valence electrons. The first-order chi connectivity index (χ1) is 13.3. The van der Waals surface area contributed by atoms with Crippen molar-refractivity contribution < 1.29 is 13.2 Å². The molecular weight excluding hydrogens is 376 g/mol. The van der Waals surface area contributed by atoms with Crippen molar-refractivity contribution in [1.82, 2.24) is 10.6 Å². The number of benzene rings is 2. The van der Waals surface area contributed by atoms with E-state index in [4.69, 9.17) is 0 Å². The van der Waals surface area contributed by atoms with Crippen LogP contribution in [0.5, 0.6) is 0 Å². The lowest BCUT2D eigenvalue weighted by molar-refractivity contribution is 0.0924. The van der Waals surface area contributed by atoms with Gasteiger partial charge in [-0.15, -0.1) is 4.40 Å². The number of rotatable bonds is 3. The van der Waals surface area contributed by atoms with Gasteiger partial charge in [-0.1, -0.05) is 12.1 Å². The van der Waals surface area contributed by atoms with Crippen LogP contribution < -0.4 is 16.0 Å². The molecule has 0 aliphatic carbocycles. The van der Waals surface area contributed by atoms with Gasteiger partial charge in [0.05, 0.1) is 0 Å². The van der Waals surface area contributed by atoms with Gasteiger partial charge in [-0.3, -0.25) is 4.79 Å². The van der Waals surface area contributed by atoms with Gasteiger partial charge in [-0.25, -0.2) is 0 Å². The van der Waals surface area contributed by atoms with Gasteiger partial charge in [0.25, 0.3) is 15.9 Å². The number of amidine groups is 1. The van der Waals surface area contributed by atoms with E-state index in [1.54, 1.807) is 42.5 Å². The fourth-order valence-electron chi connectivity index (χ4n) is 3.55. The van der Waals surface area contributed by atoms with Gasteiger partial charge in [0.15, 0.2) is 5.84 Å². The number of nitrogens with one attached hydrogen (secondary N) is 3. The Morgan fingerprint density at radius 1 is 1.14 bits per heavy atom. The van der Waals surface area contributed by atoms with Crippen molar-refractivity contribution in [3.05, 3.63) is 59.7 Å². The minimum absolute atomic E-state index is 0.0763. The van der Waals surface area contributed by atoms with Crippen molar-refractivity contribution >= 4 is 27.5 Å². The van der Waals surface area contributed by atoms with E-state index >= 15 is 0 Å². The summed E-state index contributed by atoms with van der Waals surface area (Å²) in [6.07, 6.45) is 0.895. The molecular formula is C20H22N4O3S. The number of amides is 1. The summed E-state index contributed by atoms with van der Waals surface area (Å²) in [6, 6.07) is 13.7. The van der Waals surface area contributed by atoms with E-state index in [-0.39, 0.29) is 28.2 Å². The Bertz CT molecular complexity index is 1060. The zero-order chi connectivity index (χ0) is 19.9. The second-order valence-corrected chi connectivity index (χ2v) is 9.15. The number of anilines is 1. The van der Waals surface area contributed by atoms with E-state index in [1.165, 1.54) is 6.07 Å². The average Bonchev–Trinajstić information content (AvgIpc) is 3.12. The maximum atomic E-state index is 12.5. The lowest BCUT2D eigenvalue weighted by Gasteiger charge is -2.27. The molecule has 0 aromatic heterocycles. The predicted octanol–water partition coefficient (Wildman–Crippen LogP) is 2.12. The summed E-state index contributed by atoms with van der Waals surface area (Å²) in [5.41, 5.74) is 1.62. The van der Waals surface area contributed by atoms with Gasteiger partial charge in [0.2, 0.25) is 0 Å². The second kappa shape index (κ2) is 6.72. The molecule has 0 radical (unpaired) electrons. The van der Waals surface area contributed by atoms with Gasteiger partial charge >= 0.3 is 0 Å². The zero-order valence-electron chi connectivity index (χ0n) is 15.7. The van der Waals surface area contributed by atoms with Crippen molar-refractivity contribution in [2.24, 2.45) is 4.40 Å². The molecule has 2 aliphatic rings. The van der Waals surface area contributed by atoms with E-state index in [9.17, 15) is 13.2 Å². The van der Waals surface area contributed by atoms with Crippen LogP contribution in [0.3, 0.4) is 0 Å². The van der Waals surface area contributed by atoms with Crippen LogP contribution in [0.25, 0.3) is 0 Å². The summed E-state index contributed by atoms with van der Waals surface area (Å²) in [6.45, 7) is 5.03. The number of carbonyl (C=O) groups excluding carboxylic acids is 1. The van der Waals surface area contributed by atoms with E-state index in [2.05, 4.69) is 34.2 Å². The average molecular weight is 398 g/mol. The van der Waals surface area contributed by atoms with Crippen molar-refractivity contribution in [3.8, 4) is 0 Å². The molecule has 4 rings (SSSR count). The van der Waals surface area contributed by atoms with Crippen LogP contribution in [0, 0.1) is 0 Å². The van der Waals surface area contributed by atoms with E-state index < -0.39 is 10.0 Å². The Morgan fingerprint density at radius 3 is 2.54 bits per heavy atom. The molecule has 1 fully saturated rings. The highest BCUT2D eigenvalue weighted by atomic mass is 32.2. The molecule has 1 atom stereocenters. The lowest BCUT2D eigenvalue weighted by Crippen LogP contribution is -2.50. The summed E-state index contributed by atoms with van der Waals surface area (Å²) in [4.78, 5) is 12.7. The third-order valence-corrected chi connectivity index (χ3v) is 6.57. The Hall–Kier alpha value is -2.71. The smallest absolute Gasteiger partial charge is 0.285 e. The Balaban J connectivity index is 1.48. The number of hydrogen-bond acceptors (Lipinski definition) is 5. The van der Waals surface area contributed by atoms with Crippen LogP contribution in [0.4, 0.5) is 5.69 Å². The molecule has 3 N–H and O–H groups in total. The highest BCUT2D eigenvalue weighted by Gasteiger charge is 2.35. The van der Waals surface area contributed by atoms with Gasteiger partial charge in [0, 0.05) is 28.4 Å². The predicted molar refractivity (Wildman–Crippen MR) is 108 cm³/mol. The van der Waals surface area contributed by atoms with E-state index in [0.717, 1.165) is 13.0 Å². The SMILES string of the molecule is CC1(C)NCCC1NC(=O)c1ccc(NC2=NS(=O)(=O)c3ccccc32)cc1. The quantitative estimate of drug-likeness (QED) is 0.735. The molecule has 8 heteroatoms. The first-order valence-corrected chi connectivity index (χ1v) is 10.6. The zero-order valence-corrected chi connectivity index (χ0v) is 16.5. The van der Waals surface area contributed by atoms with Crippen LogP contribution in [-0.4, -0.2) is 38.3 Å². The number of hydrogen-bond donors (Lipinski definition) is 3. The van der Waals surface area contributed by atoms with E-state index in [1.807, 2.05) is 0 Å². The molecule has 1 amide bonds. The molecule has 0 bridgehead atoms. The molecule has 28 heavy (non-hydrogen) atoms. The minimum Gasteiger partial charge on any atom is -0.347 e. The fourth-order valence-corrected chi connectivity index (χ4v) is 4.73. The number of nitrogens with zero attached hydrogens (tertiary/aromatic N) is 1. The standard InChI is InChI=1S/C20H22N4O3S/c1-20(2)17(11-12-21-20)23-19(25)13-7-9-14(10-8-13)22-18-15-5-3-4-6-16(15)28(26,27)24-18/h3-10,17,21H,11-12H2,1-2H3,(H,22,24)(H,23,25). The summed E-state index contributed by atoms with van der Waals surface area (Å²) in [5.74, 6) is 0.158. The molecule has 2 aromatic rings. The lowest BCUT2D eigenvalue weighted by atomic mass is 9.96. The molecule has 0 saturated carbocycles. The highest BCUT2D eigenvalue weighted by molar-refractivity contribution is 7.90. The van der Waals surface area contributed by atoms with Crippen LogP contribution in [0.15, 0.2) is 57.8 Å². The normalized spacial score (nSPS) is 21.6. The Labute approximate surface area is 164 Å². The summed E-state index contributed by atoms with van der Waals surface area (Å²) in [5, 5.41) is 9.49. The number of fused-ring (bicyclic) bond motifs is 1. The van der Waals surface area contributed by atoms with Crippen molar-refractivity contribution in [2.75, 3.05) is 11.9 Å². The molecule has 1 saturated heterocycles. The first-order valence-electron chi connectivity index (χ1n) is 9.14. The maximum absolute atomic E-state index is 12.5. The molecule has 7 nitrogen and oxygen atoms in total. The molecule has 1 unspecified atom stereocenters. The van der Waals surface area contributed by atoms with E-state index in [0.29, 0.717) is 16.8 Å². The number of sulfonamides is 1. The molecule has 2 aliphatic heterocycles. The molecule has 0 spiro atoms. The summed E-state index contributed by atoms with van der Waals surface area (Å²) in [7, 11) is -3.67. The third-order valence-electron chi connectivity index (χ3n) is 5.23. The highest BCUT2D eigenvalue weighted by Crippen LogP contribution is 2.27. The molecule has 2 aromatic carbocycles. The summed E-state index contributed by atoms with van der Waals surface area (Å²) < 4.78 is 28.1. The second-order valence-electron chi connectivity index (χ2n) is 7.58. The van der Waals surface area contributed by atoms with Crippen LogP contribution in [-0.2, 0) is 10.0 Å². The third kappa shape index (κ3) is 3.41. The van der Waals surface area contributed by atoms with Crippen molar-refractivity contribution in [2.45, 2.75) is 36.7 Å². The first kappa shape index (κ1) is 18.6. The van der Waals surface area contributed by atoms with Crippen molar-refractivity contribution in [1.29, 1.82) is 0 Å². The van der Waals surface area contributed by atoms with Gasteiger partial charge in [-0.2, -0.15) is 8.42 Å². The summed E-state index contributed by atoms with van der Waals surface area (Å²) >= 11 is 0. The van der Waals surface area contributed by atoms with Crippen molar-refractivity contribution in [3.63, 3.8) is 0 Å². The monoisotopic (exact) mass is 398 g/mol. The van der Waals surface area contributed by atoms with Crippen LogP contribution in [0.2, 0.25) is 0 Å². The van der Waals surface area contributed by atoms with Crippen LogP contribution >= 0.6 is 0 Å².